The quantitative estimate of drug-likeness (QED) is 0.478. The van der Waals surface area contributed by atoms with Crippen LogP contribution in [0.3, 0.4) is 0 Å². The summed E-state index contributed by atoms with van der Waals surface area (Å²) in [5, 5.41) is 12.7. The van der Waals surface area contributed by atoms with E-state index < -0.39 is 15.0 Å². The Morgan fingerprint density at radius 2 is 1.72 bits per heavy atom. The topological polar surface area (TPSA) is 116 Å². The standard InChI is InChI=1S/C16H14N2O6S/c1-17-16(19)13-4-8-15(9-5-13)25(22,23)24-14-6-2-12(3-7-14)10-11-18(20)21/h2-11H,1H3,(H,17,19)/b11-10+. The summed E-state index contributed by atoms with van der Waals surface area (Å²) >= 11 is 0. The zero-order valence-corrected chi connectivity index (χ0v) is 13.9. The second-order valence-electron chi connectivity index (χ2n) is 4.81. The Labute approximate surface area is 144 Å². The molecule has 0 heterocycles. The Hall–Kier alpha value is -3.20. The van der Waals surface area contributed by atoms with E-state index in [1.807, 2.05) is 0 Å². The largest absolute Gasteiger partial charge is 0.379 e. The summed E-state index contributed by atoms with van der Waals surface area (Å²) in [7, 11) is -2.59. The third-order valence-electron chi connectivity index (χ3n) is 3.11. The number of hydrogen-bond donors (Lipinski definition) is 1. The van der Waals surface area contributed by atoms with Gasteiger partial charge in [0.05, 0.1) is 4.92 Å². The molecule has 1 amide bonds. The molecule has 2 rings (SSSR count). The summed E-state index contributed by atoms with van der Waals surface area (Å²) in [6.07, 6.45) is 2.05. The van der Waals surface area contributed by atoms with Crippen LogP contribution in [0, 0.1) is 10.1 Å². The molecule has 0 spiro atoms. The maximum atomic E-state index is 12.2. The molecule has 0 aromatic heterocycles. The third kappa shape index (κ3) is 4.88. The molecule has 0 fully saturated rings. The minimum Gasteiger partial charge on any atom is -0.379 e. The highest BCUT2D eigenvalue weighted by Gasteiger charge is 2.17. The molecule has 130 valence electrons. The molecule has 0 atom stereocenters. The lowest BCUT2D eigenvalue weighted by Gasteiger charge is -2.08. The van der Waals surface area contributed by atoms with Gasteiger partial charge in [-0.1, -0.05) is 12.1 Å². The van der Waals surface area contributed by atoms with E-state index in [0.717, 1.165) is 6.20 Å². The molecule has 0 saturated carbocycles. The smallest absolute Gasteiger partial charge is 0.339 e. The van der Waals surface area contributed by atoms with E-state index in [1.165, 1.54) is 61.7 Å². The van der Waals surface area contributed by atoms with Crippen LogP contribution in [0.2, 0.25) is 0 Å². The van der Waals surface area contributed by atoms with Crippen molar-refractivity contribution in [3.05, 3.63) is 76.0 Å². The van der Waals surface area contributed by atoms with Crippen LogP contribution in [-0.4, -0.2) is 26.3 Å². The van der Waals surface area contributed by atoms with Crippen molar-refractivity contribution in [1.82, 2.24) is 5.32 Å². The zero-order chi connectivity index (χ0) is 18.4. The Balaban J connectivity index is 2.15. The Bertz CT molecular complexity index is 903. The van der Waals surface area contributed by atoms with Gasteiger partial charge in [-0.05, 0) is 42.0 Å². The van der Waals surface area contributed by atoms with Crippen molar-refractivity contribution >= 4 is 22.1 Å². The van der Waals surface area contributed by atoms with Gasteiger partial charge in [0, 0.05) is 18.7 Å². The first-order valence-electron chi connectivity index (χ1n) is 7.00. The van der Waals surface area contributed by atoms with Gasteiger partial charge in [-0.25, -0.2) is 0 Å². The number of benzene rings is 2. The van der Waals surface area contributed by atoms with Gasteiger partial charge < -0.3 is 9.50 Å². The predicted molar refractivity (Wildman–Crippen MR) is 90.1 cm³/mol. The zero-order valence-electron chi connectivity index (χ0n) is 13.1. The molecular weight excluding hydrogens is 348 g/mol. The van der Waals surface area contributed by atoms with Crippen LogP contribution in [0.4, 0.5) is 0 Å². The van der Waals surface area contributed by atoms with Gasteiger partial charge in [0.2, 0.25) is 6.20 Å². The van der Waals surface area contributed by atoms with Gasteiger partial charge in [0.25, 0.3) is 5.91 Å². The van der Waals surface area contributed by atoms with E-state index in [1.54, 1.807) is 0 Å². The van der Waals surface area contributed by atoms with E-state index in [9.17, 15) is 23.3 Å². The molecule has 0 aliphatic heterocycles. The van der Waals surface area contributed by atoms with Gasteiger partial charge in [0.1, 0.15) is 10.6 Å². The van der Waals surface area contributed by atoms with E-state index in [0.29, 0.717) is 11.1 Å². The maximum absolute atomic E-state index is 12.2. The van der Waals surface area contributed by atoms with Crippen molar-refractivity contribution in [2.24, 2.45) is 0 Å². The normalized spacial score (nSPS) is 11.2. The summed E-state index contributed by atoms with van der Waals surface area (Å²) in [5.41, 5.74) is 0.847. The number of amides is 1. The minimum atomic E-state index is -4.06. The Morgan fingerprint density at radius 3 is 2.24 bits per heavy atom. The third-order valence-corrected chi connectivity index (χ3v) is 4.37. The van der Waals surface area contributed by atoms with Crippen molar-refractivity contribution < 1.29 is 22.3 Å². The van der Waals surface area contributed by atoms with E-state index in [-0.39, 0.29) is 16.6 Å². The van der Waals surface area contributed by atoms with Crippen LogP contribution in [0.1, 0.15) is 15.9 Å². The van der Waals surface area contributed by atoms with Gasteiger partial charge in [-0.3, -0.25) is 14.9 Å². The summed E-state index contributed by atoms with van der Waals surface area (Å²) in [6.45, 7) is 0. The van der Waals surface area contributed by atoms with E-state index in [2.05, 4.69) is 5.32 Å². The lowest BCUT2D eigenvalue weighted by Crippen LogP contribution is -2.18. The van der Waals surface area contributed by atoms with Gasteiger partial charge in [0.15, 0.2) is 0 Å². The van der Waals surface area contributed by atoms with Crippen LogP contribution in [0.5, 0.6) is 5.75 Å². The van der Waals surface area contributed by atoms with Crippen LogP contribution < -0.4 is 9.50 Å². The second-order valence-corrected chi connectivity index (χ2v) is 6.36. The molecule has 0 radical (unpaired) electrons. The number of nitrogens with one attached hydrogen (secondary N) is 1. The number of rotatable bonds is 6. The van der Waals surface area contributed by atoms with Crippen molar-refractivity contribution in [3.63, 3.8) is 0 Å². The molecule has 8 nitrogen and oxygen atoms in total. The molecule has 0 unspecified atom stereocenters. The van der Waals surface area contributed by atoms with Crippen molar-refractivity contribution in [2.45, 2.75) is 4.90 Å². The first-order chi connectivity index (χ1) is 11.8. The Kier molecular flexibility index (Phi) is 5.50. The summed E-state index contributed by atoms with van der Waals surface area (Å²) in [6, 6.07) is 11.0. The summed E-state index contributed by atoms with van der Waals surface area (Å²) < 4.78 is 29.5. The van der Waals surface area contributed by atoms with Crippen molar-refractivity contribution in [3.8, 4) is 5.75 Å². The van der Waals surface area contributed by atoms with Crippen molar-refractivity contribution in [1.29, 1.82) is 0 Å². The highest BCUT2D eigenvalue weighted by Crippen LogP contribution is 2.20. The molecule has 25 heavy (non-hydrogen) atoms. The first kappa shape index (κ1) is 18.1. The number of carbonyl (C=O) groups excluding carboxylic acids is 1. The van der Waals surface area contributed by atoms with Crippen molar-refractivity contribution in [2.75, 3.05) is 7.05 Å². The monoisotopic (exact) mass is 362 g/mol. The number of carbonyl (C=O) groups is 1. The van der Waals surface area contributed by atoms with Gasteiger partial charge in [-0.2, -0.15) is 8.42 Å². The molecular formula is C16H14N2O6S. The lowest BCUT2D eigenvalue weighted by atomic mass is 10.2. The average Bonchev–Trinajstić information content (AvgIpc) is 2.60. The van der Waals surface area contributed by atoms with Gasteiger partial charge >= 0.3 is 10.1 Å². The fourth-order valence-corrected chi connectivity index (χ4v) is 2.80. The summed E-state index contributed by atoms with van der Waals surface area (Å²) in [4.78, 5) is 21.0. The number of nitro groups is 1. The molecule has 0 bridgehead atoms. The van der Waals surface area contributed by atoms with E-state index in [4.69, 9.17) is 4.18 Å². The number of nitrogens with zero attached hydrogens (tertiary/aromatic N) is 1. The minimum absolute atomic E-state index is 0.0635. The second kappa shape index (κ2) is 7.58. The van der Waals surface area contributed by atoms with E-state index >= 15 is 0 Å². The lowest BCUT2D eigenvalue weighted by molar-refractivity contribution is -0.400. The molecule has 1 N–H and O–H groups in total. The summed E-state index contributed by atoms with van der Waals surface area (Å²) in [5.74, 6) is -0.267. The fraction of sp³-hybridized carbons (Fsp3) is 0.0625. The molecule has 2 aromatic carbocycles. The maximum Gasteiger partial charge on any atom is 0.339 e. The molecule has 0 aliphatic carbocycles. The molecule has 0 aliphatic rings. The number of hydrogen-bond acceptors (Lipinski definition) is 6. The Morgan fingerprint density at radius 1 is 1.12 bits per heavy atom. The van der Waals surface area contributed by atoms with Crippen LogP contribution in [0.15, 0.2) is 59.6 Å². The van der Waals surface area contributed by atoms with Crippen LogP contribution >= 0.6 is 0 Å². The first-order valence-corrected chi connectivity index (χ1v) is 8.41. The van der Waals surface area contributed by atoms with Crippen LogP contribution in [-0.2, 0) is 10.1 Å². The SMILES string of the molecule is CNC(=O)c1ccc(S(=O)(=O)Oc2ccc(/C=C/[N+](=O)[O-])cc2)cc1. The predicted octanol–water partition coefficient (Wildman–Crippen LogP) is 2.06. The molecule has 0 saturated heterocycles. The van der Waals surface area contributed by atoms with Crippen LogP contribution in [0.25, 0.3) is 6.08 Å². The highest BCUT2D eigenvalue weighted by molar-refractivity contribution is 7.87. The molecule has 2 aromatic rings. The average molecular weight is 362 g/mol. The van der Waals surface area contributed by atoms with Gasteiger partial charge in [-0.15, -0.1) is 0 Å². The fourth-order valence-electron chi connectivity index (χ4n) is 1.87. The highest BCUT2D eigenvalue weighted by atomic mass is 32.2. The molecule has 9 heteroatoms.